The molecular weight excluding hydrogens is 199 g/mol. The fourth-order valence-electron chi connectivity index (χ4n) is 1.37. The maximum Gasteiger partial charge on any atom is 0.397 e. The van der Waals surface area contributed by atoms with E-state index < -0.39 is 6.54 Å². The fraction of sp³-hybridized carbons (Fsp3) is 0.364. The smallest absolute Gasteiger partial charge is 0.397 e. The van der Waals surface area contributed by atoms with Crippen LogP contribution in [0.4, 0.5) is 4.39 Å². The molecule has 0 saturated carbocycles. The second-order valence-corrected chi connectivity index (χ2v) is 3.17. The first-order valence-electron chi connectivity index (χ1n) is 4.62. The number of carbonyl (C=O) groups is 1. The second-order valence-electron chi connectivity index (χ2n) is 3.17. The summed E-state index contributed by atoms with van der Waals surface area (Å²) in [6, 6.07) is 0. The zero-order valence-electron chi connectivity index (χ0n) is 7.90. The lowest BCUT2D eigenvalue weighted by atomic mass is 10.0. The molecule has 0 saturated heterocycles. The van der Waals surface area contributed by atoms with Crippen molar-refractivity contribution in [3.63, 3.8) is 0 Å². The third-order valence-electron chi connectivity index (χ3n) is 2.09. The van der Waals surface area contributed by atoms with Gasteiger partial charge in [-0.15, -0.1) is 0 Å². The van der Waals surface area contributed by atoms with Crippen molar-refractivity contribution < 1.29 is 18.7 Å². The maximum atomic E-state index is 12.7. The highest BCUT2D eigenvalue weighted by Gasteiger charge is 2.25. The van der Waals surface area contributed by atoms with Gasteiger partial charge in [0.1, 0.15) is 6.29 Å². The Morgan fingerprint density at radius 3 is 3.27 bits per heavy atom. The number of ether oxygens (including phenoxy) is 2. The maximum absolute atomic E-state index is 12.7. The Labute approximate surface area is 86.6 Å². The molecule has 0 aromatic rings. The van der Waals surface area contributed by atoms with E-state index in [9.17, 15) is 9.18 Å². The van der Waals surface area contributed by atoms with Crippen LogP contribution in [0.15, 0.2) is 23.7 Å². The van der Waals surface area contributed by atoms with Gasteiger partial charge in [0.2, 0.25) is 5.76 Å². The van der Waals surface area contributed by atoms with Crippen LogP contribution in [-0.4, -0.2) is 12.8 Å². The standard InChI is InChI=1S/C11H9FO3/c12-11-14-9-3-1-2-8(6-7-13)4-5-10(9)15-11/h1-2,7-8,11H,3,6H2. The van der Waals surface area contributed by atoms with E-state index >= 15 is 0 Å². The summed E-state index contributed by atoms with van der Waals surface area (Å²) in [6.45, 7) is -1.75. The van der Waals surface area contributed by atoms with Crippen LogP contribution in [0, 0.1) is 17.8 Å². The minimum absolute atomic E-state index is 0.126. The van der Waals surface area contributed by atoms with Crippen LogP contribution in [0.5, 0.6) is 0 Å². The molecule has 1 aliphatic carbocycles. The molecule has 4 heteroatoms. The van der Waals surface area contributed by atoms with Crippen LogP contribution in [-0.2, 0) is 14.3 Å². The predicted molar refractivity (Wildman–Crippen MR) is 49.8 cm³/mol. The third-order valence-corrected chi connectivity index (χ3v) is 2.09. The van der Waals surface area contributed by atoms with Gasteiger partial charge >= 0.3 is 6.54 Å². The van der Waals surface area contributed by atoms with Crippen LogP contribution in [0.25, 0.3) is 0 Å². The number of alkyl halides is 1. The van der Waals surface area contributed by atoms with Crippen molar-refractivity contribution in [2.75, 3.05) is 0 Å². The summed E-state index contributed by atoms with van der Waals surface area (Å²) in [5, 5.41) is 0. The van der Waals surface area contributed by atoms with E-state index in [4.69, 9.17) is 9.47 Å². The average molecular weight is 208 g/mol. The molecule has 2 aliphatic rings. The van der Waals surface area contributed by atoms with Crippen molar-refractivity contribution in [3.8, 4) is 11.8 Å². The molecule has 15 heavy (non-hydrogen) atoms. The van der Waals surface area contributed by atoms with Crippen molar-refractivity contribution in [1.82, 2.24) is 0 Å². The molecule has 0 aromatic heterocycles. The predicted octanol–water partition coefficient (Wildman–Crippen LogP) is 1.67. The quantitative estimate of drug-likeness (QED) is 0.393. The van der Waals surface area contributed by atoms with Gasteiger partial charge in [-0.3, -0.25) is 0 Å². The van der Waals surface area contributed by atoms with E-state index in [0.717, 1.165) is 6.29 Å². The van der Waals surface area contributed by atoms with E-state index in [0.29, 0.717) is 18.6 Å². The molecule has 1 heterocycles. The van der Waals surface area contributed by atoms with Crippen LogP contribution in [0.1, 0.15) is 12.8 Å². The van der Waals surface area contributed by atoms with Crippen LogP contribution >= 0.6 is 0 Å². The normalized spacial score (nSPS) is 27.8. The second kappa shape index (κ2) is 4.18. The average Bonchev–Trinajstić information content (AvgIpc) is 2.52. The first-order chi connectivity index (χ1) is 7.29. The van der Waals surface area contributed by atoms with Gasteiger partial charge in [-0.1, -0.05) is 18.1 Å². The van der Waals surface area contributed by atoms with E-state index in [1.54, 1.807) is 6.08 Å². The number of rotatable bonds is 2. The Hall–Kier alpha value is -1.76. The molecular formula is C11H9FO3. The first kappa shape index (κ1) is 9.78. The van der Waals surface area contributed by atoms with E-state index in [1.165, 1.54) is 0 Å². The highest BCUT2D eigenvalue weighted by atomic mass is 19.2. The molecule has 0 radical (unpaired) electrons. The number of carbonyl (C=O) groups excluding carboxylic acids is 1. The van der Waals surface area contributed by atoms with E-state index in [2.05, 4.69) is 11.8 Å². The third kappa shape index (κ3) is 2.18. The van der Waals surface area contributed by atoms with Gasteiger partial charge in [0.15, 0.2) is 5.76 Å². The summed E-state index contributed by atoms with van der Waals surface area (Å²) in [4.78, 5) is 10.3. The van der Waals surface area contributed by atoms with E-state index in [1.807, 2.05) is 6.08 Å². The summed E-state index contributed by atoms with van der Waals surface area (Å²) in [5.74, 6) is 6.02. The van der Waals surface area contributed by atoms with Crippen molar-refractivity contribution in [1.29, 1.82) is 0 Å². The van der Waals surface area contributed by atoms with Gasteiger partial charge < -0.3 is 14.3 Å². The highest BCUT2D eigenvalue weighted by Crippen LogP contribution is 2.26. The first-order valence-corrected chi connectivity index (χ1v) is 4.62. The molecule has 3 nitrogen and oxygen atoms in total. The topological polar surface area (TPSA) is 35.5 Å². The lowest BCUT2D eigenvalue weighted by Gasteiger charge is -2.02. The Morgan fingerprint density at radius 1 is 1.60 bits per heavy atom. The number of hydrogen-bond donors (Lipinski definition) is 0. The minimum Gasteiger partial charge on any atom is -0.428 e. The van der Waals surface area contributed by atoms with Crippen molar-refractivity contribution in [3.05, 3.63) is 23.7 Å². The van der Waals surface area contributed by atoms with Gasteiger partial charge in [0.25, 0.3) is 0 Å². The lowest BCUT2D eigenvalue weighted by molar-refractivity contribution is -0.133. The van der Waals surface area contributed by atoms with Crippen LogP contribution in [0.2, 0.25) is 0 Å². The minimum atomic E-state index is -1.75. The molecule has 1 aliphatic heterocycles. The Kier molecular flexibility index (Phi) is 2.72. The molecule has 0 amide bonds. The Bertz CT molecular complexity index is 386. The molecule has 0 bridgehead atoms. The van der Waals surface area contributed by atoms with Crippen LogP contribution in [0.3, 0.4) is 0 Å². The summed E-state index contributed by atoms with van der Waals surface area (Å²) in [6.07, 6.45) is 5.22. The SMILES string of the molecule is O=CCC1C#CC2=C(CC=C1)OC(F)O2. The van der Waals surface area contributed by atoms with Gasteiger partial charge in [-0.25, -0.2) is 0 Å². The number of hydrogen-bond acceptors (Lipinski definition) is 3. The number of halogens is 1. The summed E-state index contributed by atoms with van der Waals surface area (Å²) >= 11 is 0. The summed E-state index contributed by atoms with van der Waals surface area (Å²) < 4.78 is 22.2. The molecule has 0 N–H and O–H groups in total. The molecule has 0 spiro atoms. The molecule has 78 valence electrons. The van der Waals surface area contributed by atoms with Crippen molar-refractivity contribution >= 4 is 6.29 Å². The Balaban J connectivity index is 2.18. The number of aldehydes is 1. The zero-order chi connectivity index (χ0) is 10.7. The van der Waals surface area contributed by atoms with Crippen molar-refractivity contribution in [2.24, 2.45) is 5.92 Å². The monoisotopic (exact) mass is 208 g/mol. The van der Waals surface area contributed by atoms with Gasteiger partial charge in [0, 0.05) is 18.8 Å². The summed E-state index contributed by atoms with van der Waals surface area (Å²) in [5.41, 5.74) is 0. The largest absolute Gasteiger partial charge is 0.428 e. The van der Waals surface area contributed by atoms with Crippen LogP contribution < -0.4 is 0 Å². The highest BCUT2D eigenvalue weighted by molar-refractivity contribution is 5.52. The van der Waals surface area contributed by atoms with Crippen molar-refractivity contribution in [2.45, 2.75) is 19.4 Å². The van der Waals surface area contributed by atoms with Gasteiger partial charge in [-0.05, 0) is 5.92 Å². The summed E-state index contributed by atoms with van der Waals surface area (Å²) in [7, 11) is 0. The molecule has 0 aromatic carbocycles. The molecule has 2 unspecified atom stereocenters. The van der Waals surface area contributed by atoms with Gasteiger partial charge in [0.05, 0.1) is 0 Å². The molecule has 0 fully saturated rings. The zero-order valence-corrected chi connectivity index (χ0v) is 7.90. The van der Waals surface area contributed by atoms with Gasteiger partial charge in [-0.2, -0.15) is 4.39 Å². The Morgan fingerprint density at radius 2 is 2.47 bits per heavy atom. The number of allylic oxidation sites excluding steroid dienone is 3. The molecule has 2 atom stereocenters. The lowest BCUT2D eigenvalue weighted by Crippen LogP contribution is -1.98. The van der Waals surface area contributed by atoms with E-state index in [-0.39, 0.29) is 11.7 Å². The molecule has 2 rings (SSSR count). The fourth-order valence-corrected chi connectivity index (χ4v) is 1.37.